The Morgan fingerprint density at radius 1 is 1.67 bits per heavy atom. The molecule has 0 aliphatic carbocycles. The number of aromatic nitrogens is 1. The summed E-state index contributed by atoms with van der Waals surface area (Å²) in [5.74, 6) is -1.49. The zero-order valence-corrected chi connectivity index (χ0v) is 6.80. The zero-order chi connectivity index (χ0) is 9.14. The van der Waals surface area contributed by atoms with Crippen LogP contribution in [0.3, 0.4) is 0 Å². The van der Waals surface area contributed by atoms with E-state index in [0.717, 1.165) is 0 Å². The van der Waals surface area contributed by atoms with E-state index < -0.39 is 11.9 Å². The highest BCUT2D eigenvalue weighted by Crippen LogP contribution is 2.10. The fraction of sp³-hybridized carbons (Fsp3) is 0.250. The van der Waals surface area contributed by atoms with Gasteiger partial charge in [-0.3, -0.25) is 0 Å². The van der Waals surface area contributed by atoms with Crippen LogP contribution in [0, 0.1) is 12.9 Å². The standard InChI is InChI=1S/C8H8FNO2/c1-5-3-4-10-7(9)6(5)8(11)12-2/h3-4H,1-2H3. The summed E-state index contributed by atoms with van der Waals surface area (Å²) in [6, 6.07) is 1.55. The van der Waals surface area contributed by atoms with Crippen LogP contribution in [0.4, 0.5) is 4.39 Å². The van der Waals surface area contributed by atoms with Crippen molar-refractivity contribution in [2.45, 2.75) is 6.92 Å². The quantitative estimate of drug-likeness (QED) is 0.470. The van der Waals surface area contributed by atoms with Gasteiger partial charge in [0.15, 0.2) is 0 Å². The van der Waals surface area contributed by atoms with E-state index in [0.29, 0.717) is 5.56 Å². The molecule has 0 aromatic carbocycles. The topological polar surface area (TPSA) is 39.2 Å². The summed E-state index contributed by atoms with van der Waals surface area (Å²) in [6.07, 6.45) is 1.30. The summed E-state index contributed by atoms with van der Waals surface area (Å²) in [4.78, 5) is 14.3. The lowest BCUT2D eigenvalue weighted by atomic mass is 10.1. The van der Waals surface area contributed by atoms with Crippen molar-refractivity contribution in [3.8, 4) is 0 Å². The molecule has 0 radical (unpaired) electrons. The van der Waals surface area contributed by atoms with E-state index in [1.54, 1.807) is 13.0 Å². The van der Waals surface area contributed by atoms with Gasteiger partial charge in [-0.15, -0.1) is 0 Å². The van der Waals surface area contributed by atoms with Crippen LogP contribution >= 0.6 is 0 Å². The first-order chi connectivity index (χ1) is 5.66. The Kier molecular flexibility index (Phi) is 2.38. The molecule has 0 spiro atoms. The largest absolute Gasteiger partial charge is 0.465 e. The second-order valence-electron chi connectivity index (χ2n) is 2.29. The third-order valence-corrected chi connectivity index (χ3v) is 1.50. The number of carbonyl (C=O) groups excluding carboxylic acids is 1. The number of hydrogen-bond acceptors (Lipinski definition) is 3. The van der Waals surface area contributed by atoms with Crippen LogP contribution in [-0.2, 0) is 4.74 Å². The van der Waals surface area contributed by atoms with Gasteiger partial charge >= 0.3 is 5.97 Å². The minimum absolute atomic E-state index is 0.0972. The van der Waals surface area contributed by atoms with Crippen LogP contribution in [0.5, 0.6) is 0 Å². The van der Waals surface area contributed by atoms with Crippen molar-refractivity contribution in [1.29, 1.82) is 0 Å². The second-order valence-corrected chi connectivity index (χ2v) is 2.29. The highest BCUT2D eigenvalue weighted by Gasteiger charge is 2.15. The molecule has 0 N–H and O–H groups in total. The van der Waals surface area contributed by atoms with Gasteiger partial charge in [0.05, 0.1) is 7.11 Å². The van der Waals surface area contributed by atoms with Gasteiger partial charge in [0.25, 0.3) is 0 Å². The third kappa shape index (κ3) is 1.42. The van der Waals surface area contributed by atoms with Gasteiger partial charge < -0.3 is 4.74 Å². The maximum Gasteiger partial charge on any atom is 0.342 e. The summed E-state index contributed by atoms with van der Waals surface area (Å²) in [6.45, 7) is 1.62. The maximum absolute atomic E-state index is 12.9. The first-order valence-corrected chi connectivity index (χ1v) is 3.36. The smallest absolute Gasteiger partial charge is 0.342 e. The van der Waals surface area contributed by atoms with Crippen LogP contribution in [-0.4, -0.2) is 18.1 Å². The second kappa shape index (κ2) is 3.30. The lowest BCUT2D eigenvalue weighted by Gasteiger charge is -2.02. The van der Waals surface area contributed by atoms with Gasteiger partial charge in [0, 0.05) is 6.20 Å². The SMILES string of the molecule is COC(=O)c1c(C)ccnc1F. The number of aryl methyl sites for hydroxylation is 1. The molecule has 0 bridgehead atoms. The Balaban J connectivity index is 3.21. The molecule has 0 fully saturated rings. The molecule has 12 heavy (non-hydrogen) atoms. The molecule has 1 rings (SSSR count). The number of rotatable bonds is 1. The van der Waals surface area contributed by atoms with E-state index >= 15 is 0 Å². The highest BCUT2D eigenvalue weighted by molar-refractivity contribution is 5.90. The van der Waals surface area contributed by atoms with Gasteiger partial charge in [-0.2, -0.15) is 4.39 Å². The summed E-state index contributed by atoms with van der Waals surface area (Å²) in [7, 11) is 1.20. The molecule has 1 heterocycles. The molecular weight excluding hydrogens is 161 g/mol. The number of methoxy groups -OCH3 is 1. The van der Waals surface area contributed by atoms with Gasteiger partial charge in [-0.05, 0) is 18.6 Å². The van der Waals surface area contributed by atoms with Crippen LogP contribution in [0.25, 0.3) is 0 Å². The van der Waals surface area contributed by atoms with E-state index in [4.69, 9.17) is 0 Å². The molecule has 0 atom stereocenters. The predicted octanol–water partition coefficient (Wildman–Crippen LogP) is 1.32. The molecule has 0 saturated carbocycles. The van der Waals surface area contributed by atoms with Crippen LogP contribution in [0.2, 0.25) is 0 Å². The Bertz CT molecular complexity index is 292. The Morgan fingerprint density at radius 2 is 2.33 bits per heavy atom. The first kappa shape index (κ1) is 8.64. The predicted molar refractivity (Wildman–Crippen MR) is 40.3 cm³/mol. The summed E-state index contributed by atoms with van der Waals surface area (Å²) in [5.41, 5.74) is 0.425. The van der Waals surface area contributed by atoms with Crippen molar-refractivity contribution in [1.82, 2.24) is 4.98 Å². The van der Waals surface area contributed by atoms with Crippen molar-refractivity contribution in [2.75, 3.05) is 7.11 Å². The summed E-state index contributed by atoms with van der Waals surface area (Å²) in [5, 5.41) is 0. The number of halogens is 1. The van der Waals surface area contributed by atoms with Gasteiger partial charge in [0.2, 0.25) is 5.95 Å². The average molecular weight is 169 g/mol. The average Bonchev–Trinajstić information content (AvgIpc) is 2.03. The molecule has 0 amide bonds. The first-order valence-electron chi connectivity index (χ1n) is 3.36. The van der Waals surface area contributed by atoms with Gasteiger partial charge in [0.1, 0.15) is 5.56 Å². The number of nitrogens with zero attached hydrogens (tertiary/aromatic N) is 1. The number of ether oxygens (including phenoxy) is 1. The molecule has 4 heteroatoms. The molecule has 0 aliphatic heterocycles. The monoisotopic (exact) mass is 169 g/mol. The maximum atomic E-state index is 12.9. The zero-order valence-electron chi connectivity index (χ0n) is 6.80. The lowest BCUT2D eigenvalue weighted by Crippen LogP contribution is -2.08. The van der Waals surface area contributed by atoms with Crippen LogP contribution in [0.15, 0.2) is 12.3 Å². The summed E-state index contributed by atoms with van der Waals surface area (Å²) >= 11 is 0. The van der Waals surface area contributed by atoms with Crippen molar-refractivity contribution in [3.63, 3.8) is 0 Å². The summed E-state index contributed by atoms with van der Waals surface area (Å²) < 4.78 is 17.3. The molecule has 0 aliphatic rings. The van der Waals surface area contributed by atoms with E-state index in [9.17, 15) is 9.18 Å². The van der Waals surface area contributed by atoms with E-state index in [1.807, 2.05) is 0 Å². The van der Waals surface area contributed by atoms with Crippen LogP contribution < -0.4 is 0 Å². The van der Waals surface area contributed by atoms with Crippen LogP contribution in [0.1, 0.15) is 15.9 Å². The molecule has 0 unspecified atom stereocenters. The number of hydrogen-bond donors (Lipinski definition) is 0. The van der Waals surface area contributed by atoms with Gasteiger partial charge in [-0.25, -0.2) is 9.78 Å². The fourth-order valence-electron chi connectivity index (χ4n) is 0.872. The Hall–Kier alpha value is -1.45. The van der Waals surface area contributed by atoms with E-state index in [1.165, 1.54) is 13.3 Å². The molecule has 3 nitrogen and oxygen atoms in total. The van der Waals surface area contributed by atoms with Crippen molar-refractivity contribution in [3.05, 3.63) is 29.3 Å². The fourth-order valence-corrected chi connectivity index (χ4v) is 0.872. The third-order valence-electron chi connectivity index (χ3n) is 1.50. The molecule has 0 saturated heterocycles. The molecule has 64 valence electrons. The Morgan fingerprint density at radius 3 is 2.83 bits per heavy atom. The minimum Gasteiger partial charge on any atom is -0.465 e. The van der Waals surface area contributed by atoms with Crippen molar-refractivity contribution >= 4 is 5.97 Å². The Labute approximate surface area is 69.2 Å². The highest BCUT2D eigenvalue weighted by atomic mass is 19.1. The molecule has 1 aromatic rings. The van der Waals surface area contributed by atoms with E-state index in [-0.39, 0.29) is 5.56 Å². The number of esters is 1. The van der Waals surface area contributed by atoms with E-state index in [2.05, 4.69) is 9.72 Å². The molecule has 1 aromatic heterocycles. The van der Waals surface area contributed by atoms with Crippen molar-refractivity contribution in [2.24, 2.45) is 0 Å². The minimum atomic E-state index is -0.790. The number of pyridine rings is 1. The molecular formula is C8H8FNO2. The normalized spacial score (nSPS) is 9.58. The van der Waals surface area contributed by atoms with Gasteiger partial charge in [-0.1, -0.05) is 0 Å². The number of carbonyl (C=O) groups is 1. The lowest BCUT2D eigenvalue weighted by molar-refractivity contribution is 0.0593. The van der Waals surface area contributed by atoms with Crippen molar-refractivity contribution < 1.29 is 13.9 Å².